The Morgan fingerprint density at radius 3 is 2.79 bits per heavy atom. The van der Waals surface area contributed by atoms with E-state index in [-0.39, 0.29) is 5.91 Å². The molecule has 2 aromatic carbocycles. The van der Waals surface area contributed by atoms with Gasteiger partial charge in [0.05, 0.1) is 5.52 Å². The number of carbonyl (C=O) groups excluding carboxylic acids is 1. The van der Waals surface area contributed by atoms with Crippen LogP contribution in [0.4, 0.5) is 0 Å². The lowest BCUT2D eigenvalue weighted by atomic mass is 10.1. The minimum absolute atomic E-state index is 0.0760. The number of carbonyl (C=O) groups is 1. The molecule has 1 aliphatic rings. The zero-order chi connectivity index (χ0) is 20.6. The van der Waals surface area contributed by atoms with Gasteiger partial charge in [-0.15, -0.1) is 5.10 Å². The van der Waals surface area contributed by atoms with Gasteiger partial charge in [0.15, 0.2) is 0 Å². The standard InChI is InChI=1S/C21H25BrN4O2Si/c1-29(2,3)9-8-28-14-26-20-7-4-15(10-19(20)23-24-26)12-25-13-16-11-17(22)5-6-18(16)21(25)27/h4-7,10-11H,8-9,12-14H2,1-3H3. The van der Waals surface area contributed by atoms with Crippen molar-refractivity contribution in [1.82, 2.24) is 19.9 Å². The minimum Gasteiger partial charge on any atom is -0.359 e. The van der Waals surface area contributed by atoms with E-state index in [4.69, 9.17) is 4.74 Å². The summed E-state index contributed by atoms with van der Waals surface area (Å²) in [6.45, 7) is 9.36. The summed E-state index contributed by atoms with van der Waals surface area (Å²) in [6.07, 6.45) is 0. The second-order valence-electron chi connectivity index (χ2n) is 8.72. The van der Waals surface area contributed by atoms with Crippen LogP contribution in [-0.2, 0) is 24.6 Å². The molecule has 0 saturated heterocycles. The zero-order valence-electron chi connectivity index (χ0n) is 17.0. The molecule has 29 heavy (non-hydrogen) atoms. The summed E-state index contributed by atoms with van der Waals surface area (Å²) in [7, 11) is -1.10. The Morgan fingerprint density at radius 1 is 1.17 bits per heavy atom. The maximum absolute atomic E-state index is 12.7. The Bertz CT molecular complexity index is 1060. The van der Waals surface area contributed by atoms with Gasteiger partial charge in [0.1, 0.15) is 12.2 Å². The third-order valence-electron chi connectivity index (χ3n) is 5.11. The van der Waals surface area contributed by atoms with E-state index in [0.29, 0.717) is 19.8 Å². The van der Waals surface area contributed by atoms with Gasteiger partial charge in [0.2, 0.25) is 0 Å². The number of hydrogen-bond acceptors (Lipinski definition) is 4. The number of benzene rings is 2. The first-order valence-corrected chi connectivity index (χ1v) is 14.3. The van der Waals surface area contributed by atoms with Gasteiger partial charge in [-0.05, 0) is 47.5 Å². The number of nitrogens with zero attached hydrogens (tertiary/aromatic N) is 4. The van der Waals surface area contributed by atoms with Crippen molar-refractivity contribution in [2.75, 3.05) is 6.61 Å². The van der Waals surface area contributed by atoms with Crippen LogP contribution in [-0.4, -0.2) is 40.5 Å². The molecule has 3 aromatic rings. The molecule has 0 spiro atoms. The van der Waals surface area contributed by atoms with Crippen LogP contribution in [0.25, 0.3) is 11.0 Å². The molecule has 1 amide bonds. The van der Waals surface area contributed by atoms with E-state index in [9.17, 15) is 4.79 Å². The lowest BCUT2D eigenvalue weighted by Gasteiger charge is -2.16. The monoisotopic (exact) mass is 472 g/mol. The fourth-order valence-corrected chi connectivity index (χ4v) is 4.60. The van der Waals surface area contributed by atoms with Crippen LogP contribution >= 0.6 is 15.9 Å². The number of fused-ring (bicyclic) bond motifs is 2. The highest BCUT2D eigenvalue weighted by Gasteiger charge is 2.27. The van der Waals surface area contributed by atoms with Crippen molar-refractivity contribution in [2.45, 2.75) is 45.5 Å². The van der Waals surface area contributed by atoms with Crippen LogP contribution in [0, 0.1) is 0 Å². The molecular weight excluding hydrogens is 448 g/mol. The summed E-state index contributed by atoms with van der Waals surface area (Å²) in [5.74, 6) is 0.0760. The first kappa shape index (κ1) is 20.2. The van der Waals surface area contributed by atoms with Crippen LogP contribution in [0.2, 0.25) is 25.7 Å². The van der Waals surface area contributed by atoms with Gasteiger partial charge in [-0.3, -0.25) is 4.79 Å². The number of aromatic nitrogens is 3. The van der Waals surface area contributed by atoms with Crippen molar-refractivity contribution in [1.29, 1.82) is 0 Å². The molecule has 6 nitrogen and oxygen atoms in total. The molecule has 152 valence electrons. The molecule has 2 heterocycles. The SMILES string of the molecule is C[Si](C)(C)CCOCn1nnc2cc(CN3Cc4cc(Br)ccc4C3=O)ccc21. The molecule has 0 saturated carbocycles. The highest BCUT2D eigenvalue weighted by molar-refractivity contribution is 9.10. The predicted molar refractivity (Wildman–Crippen MR) is 119 cm³/mol. The first-order valence-electron chi connectivity index (χ1n) is 9.78. The average molecular weight is 473 g/mol. The Balaban J connectivity index is 1.42. The van der Waals surface area contributed by atoms with E-state index in [0.717, 1.165) is 44.8 Å². The second-order valence-corrected chi connectivity index (χ2v) is 15.3. The number of amides is 1. The van der Waals surface area contributed by atoms with Crippen LogP contribution in [0.15, 0.2) is 40.9 Å². The lowest BCUT2D eigenvalue weighted by Crippen LogP contribution is -2.23. The Labute approximate surface area is 180 Å². The van der Waals surface area contributed by atoms with E-state index < -0.39 is 8.07 Å². The third-order valence-corrected chi connectivity index (χ3v) is 7.31. The van der Waals surface area contributed by atoms with Crippen LogP contribution < -0.4 is 0 Å². The van der Waals surface area contributed by atoms with Crippen LogP contribution in [0.1, 0.15) is 21.5 Å². The first-order chi connectivity index (χ1) is 13.8. The fraction of sp³-hybridized carbons (Fsp3) is 0.381. The van der Waals surface area contributed by atoms with Gasteiger partial charge in [0, 0.05) is 37.8 Å². The van der Waals surface area contributed by atoms with Crippen molar-refractivity contribution >= 4 is 40.9 Å². The van der Waals surface area contributed by atoms with Gasteiger partial charge in [-0.1, -0.05) is 46.9 Å². The van der Waals surface area contributed by atoms with E-state index in [1.807, 2.05) is 41.3 Å². The summed E-state index contributed by atoms with van der Waals surface area (Å²) in [6, 6.07) is 13.0. The van der Waals surface area contributed by atoms with E-state index in [2.05, 4.69) is 45.9 Å². The topological polar surface area (TPSA) is 60.2 Å². The highest BCUT2D eigenvalue weighted by atomic mass is 79.9. The Morgan fingerprint density at radius 2 is 2.00 bits per heavy atom. The molecule has 0 fully saturated rings. The van der Waals surface area contributed by atoms with Crippen molar-refractivity contribution in [3.8, 4) is 0 Å². The molecule has 0 N–H and O–H groups in total. The van der Waals surface area contributed by atoms with Gasteiger partial charge in [-0.2, -0.15) is 0 Å². The molecule has 0 aliphatic carbocycles. The number of halogens is 1. The number of rotatable bonds is 7. The number of ether oxygens (including phenoxy) is 1. The van der Waals surface area contributed by atoms with Gasteiger partial charge < -0.3 is 9.64 Å². The summed E-state index contributed by atoms with van der Waals surface area (Å²) in [4.78, 5) is 14.5. The van der Waals surface area contributed by atoms with Crippen LogP contribution in [0.5, 0.6) is 0 Å². The van der Waals surface area contributed by atoms with Gasteiger partial charge in [0.25, 0.3) is 5.91 Å². The molecule has 0 bridgehead atoms. The highest BCUT2D eigenvalue weighted by Crippen LogP contribution is 2.27. The largest absolute Gasteiger partial charge is 0.359 e. The summed E-state index contributed by atoms with van der Waals surface area (Å²) < 4.78 is 8.58. The molecule has 0 radical (unpaired) electrons. The van der Waals surface area contributed by atoms with E-state index in [1.165, 1.54) is 0 Å². The normalized spacial score (nSPS) is 14.1. The summed E-state index contributed by atoms with van der Waals surface area (Å²) >= 11 is 3.48. The lowest BCUT2D eigenvalue weighted by molar-refractivity contribution is 0.0766. The third kappa shape index (κ3) is 4.60. The maximum Gasteiger partial charge on any atom is 0.254 e. The molecular formula is C21H25BrN4O2Si. The number of hydrogen-bond donors (Lipinski definition) is 0. The summed E-state index contributed by atoms with van der Waals surface area (Å²) in [5, 5.41) is 8.51. The van der Waals surface area contributed by atoms with Gasteiger partial charge in [-0.25, -0.2) is 4.68 Å². The summed E-state index contributed by atoms with van der Waals surface area (Å²) in [5.41, 5.74) is 4.66. The predicted octanol–water partition coefficient (Wildman–Crippen LogP) is 4.66. The Kier molecular flexibility index (Phi) is 5.59. The van der Waals surface area contributed by atoms with E-state index >= 15 is 0 Å². The molecule has 1 aliphatic heterocycles. The molecule has 1 aromatic heterocycles. The second kappa shape index (κ2) is 8.01. The van der Waals surface area contributed by atoms with Crippen molar-refractivity contribution < 1.29 is 9.53 Å². The van der Waals surface area contributed by atoms with Crippen LogP contribution in [0.3, 0.4) is 0 Å². The van der Waals surface area contributed by atoms with E-state index in [1.54, 1.807) is 4.68 Å². The van der Waals surface area contributed by atoms with Crippen molar-refractivity contribution in [2.24, 2.45) is 0 Å². The molecule has 0 unspecified atom stereocenters. The van der Waals surface area contributed by atoms with Crippen molar-refractivity contribution in [3.05, 3.63) is 57.6 Å². The molecule has 4 rings (SSSR count). The smallest absolute Gasteiger partial charge is 0.254 e. The maximum atomic E-state index is 12.7. The zero-order valence-corrected chi connectivity index (χ0v) is 19.6. The quantitative estimate of drug-likeness (QED) is 0.370. The average Bonchev–Trinajstić information content (AvgIpc) is 3.19. The van der Waals surface area contributed by atoms with Crippen molar-refractivity contribution in [3.63, 3.8) is 0 Å². The fourth-order valence-electron chi connectivity index (χ4n) is 3.44. The molecule has 8 heteroatoms. The Hall–Kier alpha value is -2.03. The molecule has 0 atom stereocenters. The minimum atomic E-state index is -1.10. The van der Waals surface area contributed by atoms with Gasteiger partial charge >= 0.3 is 0 Å².